The van der Waals surface area contributed by atoms with Gasteiger partial charge in [0.25, 0.3) is 0 Å². The molecule has 0 radical (unpaired) electrons. The van der Waals surface area contributed by atoms with Crippen LogP contribution in [0.4, 0.5) is 0 Å². The second-order valence-electron chi connectivity index (χ2n) is 5.63. The second-order valence-corrected chi connectivity index (χ2v) is 7.15. The van der Waals surface area contributed by atoms with Gasteiger partial charge in [-0.1, -0.05) is 71.6 Å². The normalized spacial score (nSPS) is 11.6. The summed E-state index contributed by atoms with van der Waals surface area (Å²) in [6.45, 7) is 4.53. The zero-order valence-corrected chi connectivity index (χ0v) is 15.8. The van der Waals surface area contributed by atoms with Crippen LogP contribution < -0.4 is 29.6 Å². The SMILES string of the molecule is CC(C)CCCCCCCCCCCS(=O)(=O)[O-].[Na+]. The van der Waals surface area contributed by atoms with Crippen LogP contribution in [0.25, 0.3) is 0 Å². The molecule has 0 aromatic carbocycles. The summed E-state index contributed by atoms with van der Waals surface area (Å²) in [5.41, 5.74) is 0. The van der Waals surface area contributed by atoms with E-state index in [1.54, 1.807) is 0 Å². The summed E-state index contributed by atoms with van der Waals surface area (Å²) in [4.78, 5) is 0. The molecule has 0 heterocycles. The molecule has 0 fully saturated rings. The number of hydrogen-bond acceptors (Lipinski definition) is 3. The van der Waals surface area contributed by atoms with E-state index >= 15 is 0 Å². The first-order valence-corrected chi connectivity index (χ1v) is 8.93. The van der Waals surface area contributed by atoms with Gasteiger partial charge < -0.3 is 4.55 Å². The van der Waals surface area contributed by atoms with Gasteiger partial charge in [0, 0.05) is 5.75 Å². The van der Waals surface area contributed by atoms with Gasteiger partial charge in [-0.25, -0.2) is 8.42 Å². The molecular formula is C14H29NaO3S. The van der Waals surface area contributed by atoms with E-state index in [1.807, 2.05) is 0 Å². The van der Waals surface area contributed by atoms with Crippen molar-refractivity contribution in [3.63, 3.8) is 0 Å². The van der Waals surface area contributed by atoms with Gasteiger partial charge in [-0.3, -0.25) is 0 Å². The van der Waals surface area contributed by atoms with Crippen molar-refractivity contribution in [1.82, 2.24) is 0 Å². The molecule has 0 amide bonds. The average molecular weight is 300 g/mol. The summed E-state index contributed by atoms with van der Waals surface area (Å²) in [6.07, 6.45) is 11.5. The molecule has 0 aromatic heterocycles. The van der Waals surface area contributed by atoms with Gasteiger partial charge >= 0.3 is 29.6 Å². The molecule has 0 saturated heterocycles. The zero-order valence-electron chi connectivity index (χ0n) is 13.0. The monoisotopic (exact) mass is 300 g/mol. The molecule has 5 heteroatoms. The molecular weight excluding hydrogens is 271 g/mol. The first-order valence-electron chi connectivity index (χ1n) is 7.35. The molecule has 0 aromatic rings. The minimum atomic E-state index is -3.99. The fraction of sp³-hybridized carbons (Fsp3) is 1.00. The molecule has 0 unspecified atom stereocenters. The number of hydrogen-bond donors (Lipinski definition) is 0. The number of rotatable bonds is 12. The fourth-order valence-electron chi connectivity index (χ4n) is 2.07. The van der Waals surface area contributed by atoms with Gasteiger partial charge in [0.05, 0.1) is 10.1 Å². The predicted molar refractivity (Wildman–Crippen MR) is 75.6 cm³/mol. The molecule has 0 atom stereocenters. The van der Waals surface area contributed by atoms with Gasteiger partial charge in [0.1, 0.15) is 0 Å². The summed E-state index contributed by atoms with van der Waals surface area (Å²) >= 11 is 0. The zero-order chi connectivity index (χ0) is 13.9. The van der Waals surface area contributed by atoms with Crippen LogP contribution in [0.2, 0.25) is 0 Å². The van der Waals surface area contributed by atoms with E-state index in [4.69, 9.17) is 0 Å². The summed E-state index contributed by atoms with van der Waals surface area (Å²) < 4.78 is 31.1. The summed E-state index contributed by atoms with van der Waals surface area (Å²) in [5, 5.41) is 0. The predicted octanol–water partition coefficient (Wildman–Crippen LogP) is 1.09. The molecule has 0 saturated carbocycles. The maximum atomic E-state index is 10.4. The van der Waals surface area contributed by atoms with Crippen molar-refractivity contribution in [3.8, 4) is 0 Å². The first kappa shape index (κ1) is 22.2. The summed E-state index contributed by atoms with van der Waals surface area (Å²) in [5.74, 6) is 0.629. The largest absolute Gasteiger partial charge is 1.00 e. The Balaban J connectivity index is 0. The van der Waals surface area contributed by atoms with E-state index in [9.17, 15) is 13.0 Å². The topological polar surface area (TPSA) is 57.2 Å². The van der Waals surface area contributed by atoms with Crippen molar-refractivity contribution in [2.24, 2.45) is 5.92 Å². The van der Waals surface area contributed by atoms with Crippen molar-refractivity contribution in [2.75, 3.05) is 5.75 Å². The van der Waals surface area contributed by atoms with Gasteiger partial charge in [-0.05, 0) is 12.3 Å². The second kappa shape index (κ2) is 13.9. The molecule has 0 aliphatic heterocycles. The Morgan fingerprint density at radius 3 is 1.53 bits per heavy atom. The quantitative estimate of drug-likeness (QED) is 0.308. The van der Waals surface area contributed by atoms with Crippen LogP contribution in [-0.2, 0) is 10.1 Å². The molecule has 3 nitrogen and oxygen atoms in total. The maximum absolute atomic E-state index is 10.4. The van der Waals surface area contributed by atoms with Crippen molar-refractivity contribution < 1.29 is 42.5 Å². The van der Waals surface area contributed by atoms with Gasteiger partial charge in [0.2, 0.25) is 0 Å². The van der Waals surface area contributed by atoms with E-state index < -0.39 is 10.1 Å². The Morgan fingerprint density at radius 2 is 1.16 bits per heavy atom. The van der Waals surface area contributed by atoms with Crippen LogP contribution in [0.3, 0.4) is 0 Å². The fourth-order valence-corrected chi connectivity index (χ4v) is 2.63. The van der Waals surface area contributed by atoms with Crippen molar-refractivity contribution >= 4 is 10.1 Å². The van der Waals surface area contributed by atoms with Gasteiger partial charge in [-0.15, -0.1) is 0 Å². The van der Waals surface area contributed by atoms with Gasteiger partial charge in [0.15, 0.2) is 0 Å². The standard InChI is InChI=1S/C14H30O3S.Na/c1-14(2)12-10-8-6-4-3-5-7-9-11-13-18(15,16)17;/h14H,3-13H2,1-2H3,(H,15,16,17);/q;+1/p-1. The van der Waals surface area contributed by atoms with E-state index in [0.29, 0.717) is 6.42 Å². The number of unbranched alkanes of at least 4 members (excludes halogenated alkanes) is 8. The van der Waals surface area contributed by atoms with E-state index in [1.165, 1.54) is 44.9 Å². The first-order chi connectivity index (χ1) is 8.42. The molecule has 0 spiro atoms. The Hall–Kier alpha value is 0.910. The third kappa shape index (κ3) is 21.4. The van der Waals surface area contributed by atoms with Crippen LogP contribution in [-0.4, -0.2) is 18.7 Å². The van der Waals surface area contributed by atoms with Crippen LogP contribution in [0, 0.1) is 5.92 Å². The molecule has 0 aliphatic carbocycles. The van der Waals surface area contributed by atoms with Gasteiger partial charge in [-0.2, -0.15) is 0 Å². The molecule has 0 aliphatic rings. The summed E-state index contributed by atoms with van der Waals surface area (Å²) in [6, 6.07) is 0. The minimum absolute atomic E-state index is 0. The van der Waals surface area contributed by atoms with Crippen molar-refractivity contribution in [3.05, 3.63) is 0 Å². The van der Waals surface area contributed by atoms with E-state index in [2.05, 4.69) is 13.8 Å². The Kier molecular flexibility index (Phi) is 16.2. The van der Waals surface area contributed by atoms with Crippen LogP contribution >= 0.6 is 0 Å². The van der Waals surface area contributed by atoms with Crippen molar-refractivity contribution in [1.29, 1.82) is 0 Å². The summed E-state index contributed by atoms with van der Waals surface area (Å²) in [7, 11) is -3.99. The molecule has 0 N–H and O–H groups in total. The third-order valence-electron chi connectivity index (χ3n) is 3.18. The minimum Gasteiger partial charge on any atom is -0.748 e. The third-order valence-corrected chi connectivity index (χ3v) is 3.96. The molecule has 0 rings (SSSR count). The van der Waals surface area contributed by atoms with Crippen LogP contribution in [0.1, 0.15) is 78.1 Å². The Morgan fingerprint density at radius 1 is 0.789 bits per heavy atom. The van der Waals surface area contributed by atoms with E-state index in [-0.39, 0.29) is 35.3 Å². The average Bonchev–Trinajstić information content (AvgIpc) is 2.24. The molecule has 0 bridgehead atoms. The maximum Gasteiger partial charge on any atom is 1.00 e. The Bertz CT molecular complexity index is 276. The van der Waals surface area contributed by atoms with Crippen molar-refractivity contribution in [2.45, 2.75) is 78.1 Å². The molecule has 110 valence electrons. The molecule has 19 heavy (non-hydrogen) atoms. The van der Waals surface area contributed by atoms with E-state index in [0.717, 1.165) is 18.8 Å². The van der Waals surface area contributed by atoms with Crippen LogP contribution in [0.15, 0.2) is 0 Å². The smallest absolute Gasteiger partial charge is 0.748 e. The Labute approximate surface area is 142 Å². The van der Waals surface area contributed by atoms with Crippen LogP contribution in [0.5, 0.6) is 0 Å².